The Morgan fingerprint density at radius 1 is 1.10 bits per heavy atom. The number of aliphatic hydroxyl groups is 1. The van der Waals surface area contributed by atoms with Gasteiger partial charge in [0.2, 0.25) is 0 Å². The average Bonchev–Trinajstić information content (AvgIpc) is 2.47. The summed E-state index contributed by atoms with van der Waals surface area (Å²) in [5.74, 6) is -1.64. The van der Waals surface area contributed by atoms with Gasteiger partial charge in [0.05, 0.1) is 0 Å². The van der Waals surface area contributed by atoms with Crippen LogP contribution < -0.4 is 10.5 Å². The van der Waals surface area contributed by atoms with Crippen molar-refractivity contribution in [3.05, 3.63) is 65.7 Å². The molecule has 106 valence electrons. The Balaban J connectivity index is 2.15. The van der Waals surface area contributed by atoms with E-state index in [1.807, 2.05) is 0 Å². The van der Waals surface area contributed by atoms with E-state index in [0.29, 0.717) is 5.56 Å². The molecule has 1 atom stereocenters. The van der Waals surface area contributed by atoms with E-state index in [2.05, 4.69) is 0 Å². The first-order valence-corrected chi connectivity index (χ1v) is 6.11. The SMILES string of the molecule is NCC(O)(COc1ccc(F)cc1F)c1ccccc1. The fourth-order valence-electron chi connectivity index (χ4n) is 1.80. The van der Waals surface area contributed by atoms with Gasteiger partial charge < -0.3 is 15.6 Å². The third-order valence-electron chi connectivity index (χ3n) is 3.01. The average molecular weight is 279 g/mol. The second kappa shape index (κ2) is 5.98. The van der Waals surface area contributed by atoms with E-state index in [9.17, 15) is 13.9 Å². The number of rotatable bonds is 5. The molecule has 0 saturated carbocycles. The van der Waals surface area contributed by atoms with Crippen LogP contribution in [0.4, 0.5) is 8.78 Å². The highest BCUT2D eigenvalue weighted by atomic mass is 19.1. The van der Waals surface area contributed by atoms with Gasteiger partial charge in [0.15, 0.2) is 11.6 Å². The Hall–Kier alpha value is -1.98. The van der Waals surface area contributed by atoms with Gasteiger partial charge in [-0.05, 0) is 17.7 Å². The molecule has 0 fully saturated rings. The molecule has 1 unspecified atom stereocenters. The fraction of sp³-hybridized carbons (Fsp3) is 0.200. The summed E-state index contributed by atoms with van der Waals surface area (Å²) < 4.78 is 31.5. The van der Waals surface area contributed by atoms with Gasteiger partial charge in [-0.15, -0.1) is 0 Å². The lowest BCUT2D eigenvalue weighted by molar-refractivity contribution is -0.00256. The van der Waals surface area contributed by atoms with Crippen LogP contribution in [0.25, 0.3) is 0 Å². The zero-order valence-corrected chi connectivity index (χ0v) is 10.7. The molecule has 0 aliphatic rings. The second-order valence-corrected chi connectivity index (χ2v) is 4.47. The molecule has 0 aliphatic heterocycles. The zero-order chi connectivity index (χ0) is 14.6. The number of ether oxygens (including phenoxy) is 1. The molecule has 0 saturated heterocycles. The van der Waals surface area contributed by atoms with Crippen molar-refractivity contribution in [2.24, 2.45) is 5.73 Å². The molecule has 0 radical (unpaired) electrons. The minimum absolute atomic E-state index is 0.0835. The van der Waals surface area contributed by atoms with E-state index < -0.39 is 17.2 Å². The minimum atomic E-state index is -1.43. The molecule has 20 heavy (non-hydrogen) atoms. The lowest BCUT2D eigenvalue weighted by atomic mass is 9.95. The van der Waals surface area contributed by atoms with Gasteiger partial charge in [0.1, 0.15) is 18.0 Å². The molecule has 3 nitrogen and oxygen atoms in total. The molecular weight excluding hydrogens is 264 g/mol. The molecule has 0 bridgehead atoms. The van der Waals surface area contributed by atoms with Crippen molar-refractivity contribution in [2.75, 3.05) is 13.2 Å². The van der Waals surface area contributed by atoms with E-state index >= 15 is 0 Å². The summed E-state index contributed by atoms with van der Waals surface area (Å²) >= 11 is 0. The van der Waals surface area contributed by atoms with Crippen LogP contribution in [0.1, 0.15) is 5.56 Å². The predicted molar refractivity (Wildman–Crippen MR) is 71.2 cm³/mol. The van der Waals surface area contributed by atoms with Gasteiger partial charge in [-0.3, -0.25) is 0 Å². The normalized spacial score (nSPS) is 13.8. The predicted octanol–water partition coefficient (Wildman–Crippen LogP) is 2.19. The van der Waals surface area contributed by atoms with Crippen LogP contribution in [0, 0.1) is 11.6 Å². The van der Waals surface area contributed by atoms with Crippen molar-refractivity contribution >= 4 is 0 Å². The highest BCUT2D eigenvalue weighted by molar-refractivity contribution is 5.26. The highest BCUT2D eigenvalue weighted by Crippen LogP contribution is 2.23. The van der Waals surface area contributed by atoms with Crippen molar-refractivity contribution in [3.63, 3.8) is 0 Å². The molecule has 2 aromatic rings. The van der Waals surface area contributed by atoms with Crippen molar-refractivity contribution in [3.8, 4) is 5.75 Å². The summed E-state index contributed by atoms with van der Waals surface area (Å²) in [7, 11) is 0. The van der Waals surface area contributed by atoms with E-state index in [4.69, 9.17) is 10.5 Å². The second-order valence-electron chi connectivity index (χ2n) is 4.47. The highest BCUT2D eigenvalue weighted by Gasteiger charge is 2.29. The first-order valence-electron chi connectivity index (χ1n) is 6.11. The van der Waals surface area contributed by atoms with Gasteiger partial charge in [-0.2, -0.15) is 0 Å². The lowest BCUT2D eigenvalue weighted by Gasteiger charge is -2.27. The summed E-state index contributed by atoms with van der Waals surface area (Å²) in [5.41, 5.74) is 4.73. The number of benzene rings is 2. The van der Waals surface area contributed by atoms with Gasteiger partial charge in [0, 0.05) is 12.6 Å². The molecule has 0 aromatic heterocycles. The molecule has 0 heterocycles. The topological polar surface area (TPSA) is 55.5 Å². The van der Waals surface area contributed by atoms with Crippen molar-refractivity contribution < 1.29 is 18.6 Å². The first-order chi connectivity index (χ1) is 9.55. The monoisotopic (exact) mass is 279 g/mol. The molecule has 0 amide bonds. The molecule has 2 aromatic carbocycles. The van der Waals surface area contributed by atoms with E-state index in [0.717, 1.165) is 12.1 Å². The zero-order valence-electron chi connectivity index (χ0n) is 10.7. The number of nitrogens with two attached hydrogens (primary N) is 1. The fourth-order valence-corrected chi connectivity index (χ4v) is 1.80. The molecular formula is C15H15F2NO2. The quantitative estimate of drug-likeness (QED) is 0.882. The summed E-state index contributed by atoms with van der Waals surface area (Å²) in [5, 5.41) is 10.5. The number of hydrogen-bond donors (Lipinski definition) is 2. The molecule has 3 N–H and O–H groups in total. The van der Waals surface area contributed by atoms with Crippen molar-refractivity contribution in [1.29, 1.82) is 0 Å². The van der Waals surface area contributed by atoms with E-state index in [-0.39, 0.29) is 18.9 Å². The molecule has 0 spiro atoms. The maximum Gasteiger partial charge on any atom is 0.167 e. The van der Waals surface area contributed by atoms with Crippen LogP contribution >= 0.6 is 0 Å². The Kier molecular flexibility index (Phi) is 4.32. The third kappa shape index (κ3) is 3.12. The minimum Gasteiger partial charge on any atom is -0.487 e. The summed E-state index contributed by atoms with van der Waals surface area (Å²) in [4.78, 5) is 0. The van der Waals surface area contributed by atoms with Crippen LogP contribution in [-0.4, -0.2) is 18.3 Å². The Morgan fingerprint density at radius 3 is 2.40 bits per heavy atom. The van der Waals surface area contributed by atoms with E-state index in [1.54, 1.807) is 30.3 Å². The summed E-state index contributed by atoms with van der Waals surface area (Å²) in [6, 6.07) is 11.7. The first kappa shape index (κ1) is 14.4. The lowest BCUT2D eigenvalue weighted by Crippen LogP contribution is -2.40. The van der Waals surface area contributed by atoms with Crippen LogP contribution in [-0.2, 0) is 5.60 Å². The summed E-state index contributed by atoms with van der Waals surface area (Å²) in [6.45, 7) is -0.310. The van der Waals surface area contributed by atoms with Crippen molar-refractivity contribution in [2.45, 2.75) is 5.60 Å². The Morgan fingerprint density at radius 2 is 1.80 bits per heavy atom. The molecule has 5 heteroatoms. The van der Waals surface area contributed by atoms with Gasteiger partial charge in [-0.1, -0.05) is 30.3 Å². The smallest absolute Gasteiger partial charge is 0.167 e. The molecule has 2 rings (SSSR count). The van der Waals surface area contributed by atoms with Gasteiger partial charge >= 0.3 is 0 Å². The number of hydrogen-bond acceptors (Lipinski definition) is 3. The van der Waals surface area contributed by atoms with Gasteiger partial charge in [-0.25, -0.2) is 8.78 Å². The van der Waals surface area contributed by atoms with Crippen LogP contribution in [0.5, 0.6) is 5.75 Å². The number of halogens is 2. The van der Waals surface area contributed by atoms with E-state index in [1.165, 1.54) is 6.07 Å². The van der Waals surface area contributed by atoms with Crippen molar-refractivity contribution in [1.82, 2.24) is 0 Å². The maximum atomic E-state index is 13.5. The maximum absolute atomic E-state index is 13.5. The summed E-state index contributed by atoms with van der Waals surface area (Å²) in [6.07, 6.45) is 0. The Labute approximate surface area is 115 Å². The standard InChI is InChI=1S/C15H15F2NO2/c16-12-6-7-14(13(17)8-12)20-10-15(19,9-18)11-4-2-1-3-5-11/h1-8,19H,9-10,18H2. The largest absolute Gasteiger partial charge is 0.487 e. The Bertz CT molecular complexity index is 577. The van der Waals surface area contributed by atoms with Crippen LogP contribution in [0.3, 0.4) is 0 Å². The van der Waals surface area contributed by atoms with Crippen LogP contribution in [0.2, 0.25) is 0 Å². The molecule has 0 aliphatic carbocycles. The van der Waals surface area contributed by atoms with Crippen LogP contribution in [0.15, 0.2) is 48.5 Å². The van der Waals surface area contributed by atoms with Gasteiger partial charge in [0.25, 0.3) is 0 Å². The third-order valence-corrected chi connectivity index (χ3v) is 3.01.